The predicted octanol–water partition coefficient (Wildman–Crippen LogP) is 8.44. The van der Waals surface area contributed by atoms with Gasteiger partial charge in [0.2, 0.25) is 0 Å². The molecule has 0 fully saturated rings. The molecule has 2 atom stereocenters. The first-order valence-electron chi connectivity index (χ1n) is 20.0. The van der Waals surface area contributed by atoms with Crippen molar-refractivity contribution in [1.82, 2.24) is 19.6 Å². The molecule has 12 nitrogen and oxygen atoms in total. The van der Waals surface area contributed by atoms with Gasteiger partial charge in [0.1, 0.15) is 8.42 Å². The largest absolute Gasteiger partial charge is 0.387 e. The highest BCUT2D eigenvalue weighted by Crippen LogP contribution is 2.45. The van der Waals surface area contributed by atoms with E-state index in [1.165, 1.54) is 0 Å². The van der Waals surface area contributed by atoms with Crippen LogP contribution in [0.25, 0.3) is 21.1 Å². The van der Waals surface area contributed by atoms with Crippen LogP contribution in [0.4, 0.5) is 0 Å². The van der Waals surface area contributed by atoms with Gasteiger partial charge >= 0.3 is 20.2 Å². The van der Waals surface area contributed by atoms with E-state index in [1.54, 1.807) is 12.1 Å². The lowest BCUT2D eigenvalue weighted by Gasteiger charge is -2.12. The number of rotatable bonds is 14. The SMILES string of the molecule is Cc1ccc(Cn2nc(C(O)CCCCCC(O)c3nn(Cc4ccc(C)cc4)c4c3CCCc3cc(S(=O)(=O)O)sc3-4)c3c2-c2sc(S(=O)(=O)O)cc2CCC3)cc1. The fourth-order valence-electron chi connectivity index (χ4n) is 8.40. The minimum Gasteiger partial charge on any atom is -0.387 e. The zero-order valence-corrected chi connectivity index (χ0v) is 36.2. The summed E-state index contributed by atoms with van der Waals surface area (Å²) in [5, 5.41) is 33.3. The van der Waals surface area contributed by atoms with Gasteiger partial charge in [0, 0.05) is 11.1 Å². The number of unbranched alkanes of at least 4 members (excludes halogenated alkanes) is 2. The summed E-state index contributed by atoms with van der Waals surface area (Å²) >= 11 is 2.08. The van der Waals surface area contributed by atoms with E-state index < -0.39 is 32.4 Å². The molecule has 0 aliphatic heterocycles. The van der Waals surface area contributed by atoms with Crippen molar-refractivity contribution in [3.63, 3.8) is 0 Å². The van der Waals surface area contributed by atoms with Crippen LogP contribution in [0.5, 0.6) is 0 Å². The maximum absolute atomic E-state index is 12.2. The van der Waals surface area contributed by atoms with E-state index >= 15 is 0 Å². The third kappa shape index (κ3) is 8.91. The molecule has 0 amide bonds. The van der Waals surface area contributed by atoms with E-state index in [4.69, 9.17) is 10.2 Å². The number of hydrogen-bond acceptors (Lipinski definition) is 10. The Morgan fingerprint density at radius 3 is 1.37 bits per heavy atom. The lowest BCUT2D eigenvalue weighted by atomic mass is 9.98. The van der Waals surface area contributed by atoms with Crippen molar-refractivity contribution in [2.24, 2.45) is 0 Å². The molecule has 4 N–H and O–H groups in total. The fourth-order valence-corrected chi connectivity index (χ4v) is 12.4. The van der Waals surface area contributed by atoms with Gasteiger partial charge in [0.05, 0.1) is 57.8 Å². The minimum absolute atomic E-state index is 0.0978. The van der Waals surface area contributed by atoms with Crippen molar-refractivity contribution in [3.05, 3.63) is 117 Å². The predicted molar refractivity (Wildman–Crippen MR) is 228 cm³/mol. The molecule has 8 rings (SSSR count). The summed E-state index contributed by atoms with van der Waals surface area (Å²) in [5.41, 5.74) is 10.6. The molecule has 4 aromatic heterocycles. The second-order valence-corrected chi connectivity index (χ2v) is 21.3. The Labute approximate surface area is 352 Å². The van der Waals surface area contributed by atoms with Crippen LogP contribution in [0.1, 0.15) is 113 Å². The Morgan fingerprint density at radius 2 is 1.00 bits per heavy atom. The second kappa shape index (κ2) is 16.8. The molecule has 16 heteroatoms. The highest BCUT2D eigenvalue weighted by atomic mass is 32.3. The van der Waals surface area contributed by atoms with Crippen LogP contribution in [0.15, 0.2) is 69.1 Å². The number of benzene rings is 2. The number of fused-ring (bicyclic) bond motifs is 6. The summed E-state index contributed by atoms with van der Waals surface area (Å²) < 4.78 is 71.9. The lowest BCUT2D eigenvalue weighted by Crippen LogP contribution is -2.07. The molecular weight excluding hydrogens is 829 g/mol. The summed E-state index contributed by atoms with van der Waals surface area (Å²) in [6.07, 6.45) is 5.45. The molecule has 2 aliphatic carbocycles. The van der Waals surface area contributed by atoms with E-state index in [0.717, 1.165) is 108 Å². The van der Waals surface area contributed by atoms with Crippen molar-refractivity contribution in [2.45, 2.75) is 118 Å². The molecule has 312 valence electrons. The summed E-state index contributed by atoms with van der Waals surface area (Å²) in [4.78, 5) is 1.51. The maximum Gasteiger partial charge on any atom is 0.304 e. The van der Waals surface area contributed by atoms with Gasteiger partial charge in [-0.05, 0) is 99.6 Å². The van der Waals surface area contributed by atoms with Gasteiger partial charge in [0.15, 0.2) is 0 Å². The summed E-state index contributed by atoms with van der Waals surface area (Å²) in [6.45, 7) is 4.92. The van der Waals surface area contributed by atoms with Gasteiger partial charge in [0.25, 0.3) is 0 Å². The number of nitrogens with zero attached hydrogens (tertiary/aromatic N) is 4. The Balaban J connectivity index is 0.994. The molecule has 0 radical (unpaired) electrons. The highest BCUT2D eigenvalue weighted by molar-refractivity contribution is 7.88. The first kappa shape index (κ1) is 41.7. The Bertz CT molecular complexity index is 2520. The molecule has 0 saturated carbocycles. The highest BCUT2D eigenvalue weighted by Gasteiger charge is 2.32. The van der Waals surface area contributed by atoms with Crippen molar-refractivity contribution in [2.75, 3.05) is 0 Å². The van der Waals surface area contributed by atoms with E-state index in [2.05, 4.69) is 0 Å². The maximum atomic E-state index is 12.2. The van der Waals surface area contributed by atoms with E-state index in [9.17, 15) is 36.2 Å². The molecule has 59 heavy (non-hydrogen) atoms. The van der Waals surface area contributed by atoms with Gasteiger partial charge in [-0.15, -0.1) is 22.7 Å². The summed E-state index contributed by atoms with van der Waals surface area (Å²) in [7, 11) is -8.77. The fraction of sp³-hybridized carbons (Fsp3) is 0.395. The average molecular weight is 877 g/mol. The molecule has 2 aromatic carbocycles. The summed E-state index contributed by atoms with van der Waals surface area (Å²) in [6, 6.07) is 19.4. The minimum atomic E-state index is -4.39. The smallest absolute Gasteiger partial charge is 0.304 e. The lowest BCUT2D eigenvalue weighted by molar-refractivity contribution is 0.148. The van der Waals surface area contributed by atoms with Crippen molar-refractivity contribution < 1.29 is 36.2 Å². The Hall–Kier alpha value is -4.00. The second-order valence-electron chi connectivity index (χ2n) is 15.9. The molecular formula is C43H48N4O8S4. The van der Waals surface area contributed by atoms with Crippen LogP contribution in [-0.4, -0.2) is 55.7 Å². The monoisotopic (exact) mass is 876 g/mol. The van der Waals surface area contributed by atoms with Crippen LogP contribution < -0.4 is 0 Å². The number of aliphatic hydroxyl groups excluding tert-OH is 2. The third-order valence-corrected chi connectivity index (χ3v) is 16.4. The van der Waals surface area contributed by atoms with Crippen molar-refractivity contribution >= 4 is 42.9 Å². The Morgan fingerprint density at radius 1 is 0.610 bits per heavy atom. The number of aryl methyl sites for hydroxylation is 4. The van der Waals surface area contributed by atoms with Gasteiger partial charge in [-0.25, -0.2) is 0 Å². The van der Waals surface area contributed by atoms with Crippen molar-refractivity contribution in [3.8, 4) is 21.1 Å². The standard InChI is InChI=1S/C43H48N4O8S4/c1-26-14-18-28(19-15-26)24-46-40-32(10-6-8-30-22-36(56-42(30)40)58(50,51)52)38(44-46)34(48)12-4-3-5-13-35(49)39-33-11-7-9-31-23-37(59(53,54)55)57-43(31)41(33)47(45-39)25-29-20-16-27(2)17-21-29/h14-23,34-35,48-49H,3-13,24-25H2,1-2H3,(H,50,51,52)(H,53,54,55). The van der Waals surface area contributed by atoms with Crippen molar-refractivity contribution in [1.29, 1.82) is 0 Å². The van der Waals surface area contributed by atoms with E-state index in [1.807, 2.05) is 71.7 Å². The number of thiophene rings is 2. The molecule has 0 saturated heterocycles. The number of aromatic nitrogens is 4. The Kier molecular flexibility index (Phi) is 11.9. The summed E-state index contributed by atoms with van der Waals surface area (Å²) in [5.74, 6) is 0. The molecule has 0 spiro atoms. The number of aliphatic hydroxyl groups is 2. The average Bonchev–Trinajstić information content (AvgIpc) is 3.93. The molecule has 0 bridgehead atoms. The quantitative estimate of drug-likeness (QED) is 0.0612. The number of hydrogen-bond donors (Lipinski definition) is 4. The van der Waals surface area contributed by atoms with E-state index in [-0.39, 0.29) is 8.42 Å². The molecule has 2 unspecified atom stereocenters. The van der Waals surface area contributed by atoms with Crippen LogP contribution in [0.2, 0.25) is 0 Å². The normalized spacial score (nSPS) is 15.2. The van der Waals surface area contributed by atoms with Crippen LogP contribution in [0, 0.1) is 13.8 Å². The molecule has 6 aromatic rings. The van der Waals surface area contributed by atoms with Gasteiger partial charge in [-0.1, -0.05) is 78.9 Å². The topological polar surface area (TPSA) is 185 Å². The van der Waals surface area contributed by atoms with Gasteiger partial charge < -0.3 is 10.2 Å². The first-order valence-corrected chi connectivity index (χ1v) is 24.5. The third-order valence-electron chi connectivity index (χ3n) is 11.4. The van der Waals surface area contributed by atoms with E-state index in [0.29, 0.717) is 75.8 Å². The first-order chi connectivity index (χ1) is 28.1. The molecule has 4 heterocycles. The van der Waals surface area contributed by atoms with Gasteiger partial charge in [-0.3, -0.25) is 18.5 Å². The zero-order valence-electron chi connectivity index (χ0n) is 33.0. The van der Waals surface area contributed by atoms with Crippen LogP contribution >= 0.6 is 22.7 Å². The molecule has 2 aliphatic rings. The zero-order chi connectivity index (χ0) is 41.6. The van der Waals surface area contributed by atoms with Gasteiger partial charge in [-0.2, -0.15) is 27.0 Å². The van der Waals surface area contributed by atoms with Crippen LogP contribution in [-0.2, 0) is 59.0 Å². The van der Waals surface area contributed by atoms with Crippen LogP contribution in [0.3, 0.4) is 0 Å².